The normalized spacial score (nSPS) is 27.2. The van der Waals surface area contributed by atoms with Gasteiger partial charge in [0.15, 0.2) is 9.84 Å². The molecule has 2 aromatic carbocycles. The molecule has 5 heteroatoms. The third-order valence-electron chi connectivity index (χ3n) is 12.2. The molecule has 2 heterocycles. The van der Waals surface area contributed by atoms with Gasteiger partial charge in [0.2, 0.25) is 0 Å². The quantitative estimate of drug-likeness (QED) is 0.318. The Kier molecular flexibility index (Phi) is 8.44. The zero-order chi connectivity index (χ0) is 28.6. The van der Waals surface area contributed by atoms with Crippen LogP contribution < -0.4 is 4.90 Å². The molecule has 228 valence electrons. The molecular formula is C37H52N2O2S. The van der Waals surface area contributed by atoms with Gasteiger partial charge in [-0.2, -0.15) is 0 Å². The number of benzene rings is 2. The number of anilines is 1. The van der Waals surface area contributed by atoms with E-state index in [0.717, 1.165) is 43.7 Å². The first kappa shape index (κ1) is 28.9. The maximum absolute atomic E-state index is 13.0. The molecule has 1 atom stereocenters. The van der Waals surface area contributed by atoms with Crippen molar-refractivity contribution in [1.82, 2.24) is 4.90 Å². The van der Waals surface area contributed by atoms with Crippen LogP contribution in [0.1, 0.15) is 94.6 Å². The molecule has 0 amide bonds. The zero-order valence-corrected chi connectivity index (χ0v) is 26.5. The summed E-state index contributed by atoms with van der Waals surface area (Å²) in [6.45, 7) is 5.90. The molecule has 42 heavy (non-hydrogen) atoms. The highest BCUT2D eigenvalue weighted by Crippen LogP contribution is 2.55. The number of fused-ring (bicyclic) bond motifs is 1. The standard InChI is InChI=1S/C37H52N2O2S/c40-42(41,28-29-9-2-1-3-10-29)35-18-16-34(17-19-35)39-26-30(27-39)25-38-23-20-33(21-24-38)37(32-13-5-6-14-32)22-8-12-31-11-4-7-15-36(31)37/h4,7,11,15-19,29-30,32-33H,1-3,5-6,8-10,12-14,20-28H2. The van der Waals surface area contributed by atoms with Crippen LogP contribution in [0.25, 0.3) is 0 Å². The molecule has 4 nitrogen and oxygen atoms in total. The summed E-state index contributed by atoms with van der Waals surface area (Å²) < 4.78 is 26.0. The monoisotopic (exact) mass is 588 g/mol. The smallest absolute Gasteiger partial charge is 0.178 e. The molecule has 0 aromatic heterocycles. The number of rotatable bonds is 8. The lowest BCUT2D eigenvalue weighted by Crippen LogP contribution is -2.54. The Bertz CT molecular complexity index is 1300. The fraction of sp³-hybridized carbons (Fsp3) is 0.676. The van der Waals surface area contributed by atoms with Crippen molar-refractivity contribution in [3.05, 3.63) is 59.7 Å². The van der Waals surface area contributed by atoms with Gasteiger partial charge in [-0.3, -0.25) is 0 Å². The maximum atomic E-state index is 13.0. The van der Waals surface area contributed by atoms with Crippen LogP contribution >= 0.6 is 0 Å². The average molecular weight is 589 g/mol. The van der Waals surface area contributed by atoms with Crippen molar-refractivity contribution >= 4 is 15.5 Å². The van der Waals surface area contributed by atoms with Gasteiger partial charge >= 0.3 is 0 Å². The summed E-state index contributed by atoms with van der Waals surface area (Å²) in [6.07, 6.45) is 18.3. The lowest BCUT2D eigenvalue weighted by atomic mass is 9.54. The molecule has 0 radical (unpaired) electrons. The minimum absolute atomic E-state index is 0.323. The molecule has 2 saturated carbocycles. The average Bonchev–Trinajstić information content (AvgIpc) is 3.55. The topological polar surface area (TPSA) is 40.6 Å². The molecule has 0 N–H and O–H groups in total. The minimum Gasteiger partial charge on any atom is -0.371 e. The number of sulfone groups is 1. The number of aryl methyl sites for hydroxylation is 1. The van der Waals surface area contributed by atoms with Gasteiger partial charge in [-0.25, -0.2) is 8.42 Å². The molecule has 0 spiro atoms. The van der Waals surface area contributed by atoms with E-state index < -0.39 is 9.84 Å². The van der Waals surface area contributed by atoms with Gasteiger partial charge in [-0.1, -0.05) is 56.4 Å². The van der Waals surface area contributed by atoms with Gasteiger partial charge in [0.25, 0.3) is 0 Å². The molecule has 0 bridgehead atoms. The SMILES string of the molecule is O=S(=O)(CC1CCCCC1)c1ccc(N2CC(CN3CCC(C4(C5CCCC5)CCCc5ccccc54)CC3)C2)cc1. The van der Waals surface area contributed by atoms with Gasteiger partial charge in [-0.15, -0.1) is 0 Å². The first-order chi connectivity index (χ1) is 20.5. The minimum atomic E-state index is -3.19. The second kappa shape index (κ2) is 12.3. The van der Waals surface area contributed by atoms with E-state index in [1.54, 1.807) is 11.1 Å². The summed E-state index contributed by atoms with van der Waals surface area (Å²) in [5.41, 5.74) is 5.00. The van der Waals surface area contributed by atoms with Crippen LogP contribution in [0.15, 0.2) is 53.4 Å². The van der Waals surface area contributed by atoms with E-state index in [1.165, 1.54) is 102 Å². The first-order valence-corrected chi connectivity index (χ1v) is 19.0. The van der Waals surface area contributed by atoms with Crippen LogP contribution in [0.5, 0.6) is 0 Å². The number of hydrogen-bond donors (Lipinski definition) is 0. The highest BCUT2D eigenvalue weighted by atomic mass is 32.2. The van der Waals surface area contributed by atoms with E-state index >= 15 is 0 Å². The Morgan fingerprint density at radius 2 is 1.38 bits per heavy atom. The number of likely N-dealkylation sites (tertiary alicyclic amines) is 1. The zero-order valence-electron chi connectivity index (χ0n) is 25.7. The van der Waals surface area contributed by atoms with Gasteiger partial charge in [0.1, 0.15) is 0 Å². The molecule has 3 aliphatic carbocycles. The molecule has 4 fully saturated rings. The Morgan fingerprint density at radius 3 is 2.12 bits per heavy atom. The predicted octanol–water partition coefficient (Wildman–Crippen LogP) is 7.65. The molecular weight excluding hydrogens is 536 g/mol. The second-order valence-corrected chi connectivity index (χ2v) is 16.7. The molecule has 2 aromatic rings. The van der Waals surface area contributed by atoms with Crippen molar-refractivity contribution in [3.8, 4) is 0 Å². The molecule has 2 aliphatic heterocycles. The van der Waals surface area contributed by atoms with Crippen molar-refractivity contribution in [2.45, 2.75) is 100 Å². The molecule has 2 saturated heterocycles. The first-order valence-electron chi connectivity index (χ1n) is 17.4. The summed E-state index contributed by atoms with van der Waals surface area (Å²) in [7, 11) is -3.19. The van der Waals surface area contributed by atoms with Gasteiger partial charge in [0, 0.05) is 36.7 Å². The van der Waals surface area contributed by atoms with Crippen LogP contribution in [0.4, 0.5) is 5.69 Å². The van der Waals surface area contributed by atoms with Crippen molar-refractivity contribution in [2.75, 3.05) is 43.4 Å². The van der Waals surface area contributed by atoms with Crippen LogP contribution in [0.2, 0.25) is 0 Å². The van der Waals surface area contributed by atoms with E-state index in [-0.39, 0.29) is 0 Å². The van der Waals surface area contributed by atoms with Crippen molar-refractivity contribution in [2.24, 2.45) is 23.7 Å². The predicted molar refractivity (Wildman–Crippen MR) is 173 cm³/mol. The van der Waals surface area contributed by atoms with Crippen LogP contribution in [0.3, 0.4) is 0 Å². The van der Waals surface area contributed by atoms with Crippen molar-refractivity contribution in [3.63, 3.8) is 0 Å². The van der Waals surface area contributed by atoms with Crippen molar-refractivity contribution in [1.29, 1.82) is 0 Å². The van der Waals surface area contributed by atoms with Crippen LogP contribution in [-0.2, 0) is 21.7 Å². The Hall–Kier alpha value is -1.85. The number of piperidine rings is 1. The third-order valence-corrected chi connectivity index (χ3v) is 14.1. The molecule has 5 aliphatic rings. The fourth-order valence-electron chi connectivity index (χ4n) is 10.0. The third kappa shape index (κ3) is 5.70. The highest BCUT2D eigenvalue weighted by Gasteiger charge is 2.49. The van der Waals surface area contributed by atoms with Crippen LogP contribution in [-0.4, -0.2) is 51.8 Å². The lowest BCUT2D eigenvalue weighted by Gasteiger charge is -2.52. The summed E-state index contributed by atoms with van der Waals surface area (Å²) in [4.78, 5) is 5.70. The number of nitrogens with zero attached hydrogens (tertiary/aromatic N) is 2. The fourth-order valence-corrected chi connectivity index (χ4v) is 11.7. The Balaban J connectivity index is 0.923. The van der Waals surface area contributed by atoms with E-state index in [4.69, 9.17) is 0 Å². The maximum Gasteiger partial charge on any atom is 0.178 e. The highest BCUT2D eigenvalue weighted by molar-refractivity contribution is 7.91. The second-order valence-electron chi connectivity index (χ2n) is 14.7. The van der Waals surface area contributed by atoms with Gasteiger partial charge in [0.05, 0.1) is 10.6 Å². The number of hydrogen-bond acceptors (Lipinski definition) is 4. The van der Waals surface area contributed by atoms with E-state index in [0.29, 0.717) is 22.0 Å². The lowest BCUT2D eigenvalue weighted by molar-refractivity contribution is 0.0648. The Morgan fingerprint density at radius 1 is 0.714 bits per heavy atom. The summed E-state index contributed by atoms with van der Waals surface area (Å²) in [5, 5.41) is 0. The van der Waals surface area contributed by atoms with Gasteiger partial charge < -0.3 is 9.80 Å². The largest absolute Gasteiger partial charge is 0.371 e. The van der Waals surface area contributed by atoms with Gasteiger partial charge in [-0.05, 0) is 124 Å². The van der Waals surface area contributed by atoms with Crippen molar-refractivity contribution < 1.29 is 8.42 Å². The van der Waals surface area contributed by atoms with E-state index in [2.05, 4.69) is 34.1 Å². The molecule has 1 unspecified atom stereocenters. The van der Waals surface area contributed by atoms with E-state index in [9.17, 15) is 8.42 Å². The Labute approximate surface area is 255 Å². The summed E-state index contributed by atoms with van der Waals surface area (Å²) in [5.74, 6) is 3.11. The molecule has 7 rings (SSSR count). The summed E-state index contributed by atoms with van der Waals surface area (Å²) in [6, 6.07) is 17.3. The van der Waals surface area contributed by atoms with Crippen LogP contribution in [0, 0.1) is 23.7 Å². The summed E-state index contributed by atoms with van der Waals surface area (Å²) >= 11 is 0. The van der Waals surface area contributed by atoms with E-state index in [1.807, 2.05) is 24.3 Å².